The number of nitrogens with two attached hydrogens (primary N) is 1. The maximum atomic E-state index is 11.5. The summed E-state index contributed by atoms with van der Waals surface area (Å²) < 4.78 is 13.3. The van der Waals surface area contributed by atoms with Gasteiger partial charge in [-0.2, -0.15) is 15.0 Å². The molecule has 0 saturated heterocycles. The van der Waals surface area contributed by atoms with Gasteiger partial charge in [-0.05, 0) is 43.7 Å². The summed E-state index contributed by atoms with van der Waals surface area (Å²) in [7, 11) is -4.35. The smallest absolute Gasteiger partial charge is 0.356 e. The molecule has 3 heterocycles. The molecule has 0 fully saturated rings. The third-order valence-electron chi connectivity index (χ3n) is 6.31. The Morgan fingerprint density at radius 3 is 2.26 bits per heavy atom. The van der Waals surface area contributed by atoms with Crippen LogP contribution in [-0.4, -0.2) is 93.4 Å². The average Bonchev–Trinajstić information content (AvgIpc) is 3.40. The van der Waals surface area contributed by atoms with Gasteiger partial charge in [0.1, 0.15) is 11.8 Å². The van der Waals surface area contributed by atoms with E-state index in [9.17, 15) is 19.5 Å². The summed E-state index contributed by atoms with van der Waals surface area (Å²) in [5.41, 5.74) is 7.57. The predicted octanol–water partition coefficient (Wildman–Crippen LogP) is 0.167. The lowest BCUT2D eigenvalue weighted by Crippen LogP contribution is -2.29. The molecule has 4 aromatic rings. The molecule has 1 unspecified atom stereocenters. The first kappa shape index (κ1) is 31.9. The molecule has 17 nitrogen and oxygen atoms in total. The molecule has 1 aromatic carbocycles. The largest absolute Gasteiger partial charge is 0.394 e. The van der Waals surface area contributed by atoms with Crippen molar-refractivity contribution in [2.45, 2.75) is 38.3 Å². The highest BCUT2D eigenvalue weighted by Crippen LogP contribution is 2.33. The molecular weight excluding hydrogens is 579 g/mol. The van der Waals surface area contributed by atoms with E-state index in [4.69, 9.17) is 10.8 Å². The van der Waals surface area contributed by atoms with Crippen molar-refractivity contribution in [1.29, 1.82) is 0 Å². The molecule has 43 heavy (non-hydrogen) atoms. The quantitative estimate of drug-likeness (QED) is 0.0533. The van der Waals surface area contributed by atoms with Crippen LogP contribution in [0.2, 0.25) is 0 Å². The minimum atomic E-state index is -4.35. The van der Waals surface area contributed by atoms with E-state index in [0.29, 0.717) is 60.7 Å². The maximum absolute atomic E-state index is 11.5. The van der Waals surface area contributed by atoms with Crippen LogP contribution in [0.4, 0.5) is 29.4 Å². The number of unbranched alkanes of at least 4 members (excludes halogenated alkanes) is 3. The molecule has 0 aliphatic rings. The molecule has 18 heteroatoms. The number of rotatable bonds is 18. The minimum Gasteiger partial charge on any atom is -0.394 e. The van der Waals surface area contributed by atoms with Crippen LogP contribution in [0.3, 0.4) is 0 Å². The monoisotopic (exact) mass is 616 g/mol. The molecule has 0 bridgehead atoms. The highest BCUT2D eigenvalue weighted by atomic mass is 31.2. The highest BCUT2D eigenvalue weighted by molar-refractivity contribution is 7.60. The van der Waals surface area contributed by atoms with Crippen molar-refractivity contribution in [2.24, 2.45) is 0 Å². The van der Waals surface area contributed by atoms with Crippen LogP contribution in [0.5, 0.6) is 0 Å². The fraction of sp³-hybridized carbons (Fsp3) is 0.440. The summed E-state index contributed by atoms with van der Waals surface area (Å²) in [5, 5.41) is 30.7. The van der Waals surface area contributed by atoms with Crippen LogP contribution in [0, 0.1) is 0 Å². The summed E-state index contributed by atoms with van der Waals surface area (Å²) in [6.45, 7) is 2.48. The van der Waals surface area contributed by atoms with Crippen LogP contribution >= 0.6 is 7.60 Å². The van der Waals surface area contributed by atoms with E-state index in [-0.39, 0.29) is 17.9 Å². The molecule has 0 saturated carbocycles. The number of aliphatic hydroxyl groups is 2. The Balaban J connectivity index is 1.35. The van der Waals surface area contributed by atoms with Gasteiger partial charge in [0.15, 0.2) is 11.5 Å². The Bertz CT molecular complexity index is 1500. The van der Waals surface area contributed by atoms with E-state index in [0.717, 1.165) is 32.2 Å². The Morgan fingerprint density at radius 2 is 1.56 bits per heavy atom. The van der Waals surface area contributed by atoms with Gasteiger partial charge in [0.2, 0.25) is 17.8 Å². The second-order valence-corrected chi connectivity index (χ2v) is 11.3. The number of hydrogen-bond acceptors (Lipinski definition) is 14. The number of anilines is 5. The Morgan fingerprint density at radius 1 is 0.884 bits per heavy atom. The van der Waals surface area contributed by atoms with Gasteiger partial charge in [-0.25, -0.2) is 15.0 Å². The fourth-order valence-corrected chi connectivity index (χ4v) is 4.61. The third-order valence-corrected chi connectivity index (χ3v) is 7.29. The first-order valence-corrected chi connectivity index (χ1v) is 15.4. The summed E-state index contributed by atoms with van der Waals surface area (Å²) in [6, 6.07) is 5.77. The van der Waals surface area contributed by atoms with E-state index in [1.54, 1.807) is 6.33 Å². The zero-order chi connectivity index (χ0) is 30.7. The van der Waals surface area contributed by atoms with E-state index in [1.165, 1.54) is 30.6 Å². The summed E-state index contributed by atoms with van der Waals surface area (Å²) in [4.78, 5) is 44.6. The van der Waals surface area contributed by atoms with Gasteiger partial charge in [-0.15, -0.1) is 0 Å². The summed E-state index contributed by atoms with van der Waals surface area (Å²) in [6.07, 6.45) is 6.13. The van der Waals surface area contributed by atoms with Crippen molar-refractivity contribution in [3.8, 4) is 0 Å². The van der Waals surface area contributed by atoms with Crippen LogP contribution in [0.1, 0.15) is 25.7 Å². The van der Waals surface area contributed by atoms with Gasteiger partial charge < -0.3 is 51.6 Å². The number of imidazole rings is 1. The number of aromatic nitrogens is 7. The predicted molar refractivity (Wildman–Crippen MR) is 162 cm³/mol. The van der Waals surface area contributed by atoms with Gasteiger partial charge in [-0.3, -0.25) is 4.57 Å². The Hall–Kier alpha value is -3.99. The lowest BCUT2D eigenvalue weighted by molar-refractivity contribution is 0.0945. The minimum absolute atomic E-state index is 0.0870. The molecule has 4 rings (SSSR count). The molecule has 3 aromatic heterocycles. The van der Waals surface area contributed by atoms with E-state index in [1.807, 2.05) is 4.57 Å². The average molecular weight is 617 g/mol. The van der Waals surface area contributed by atoms with Crippen molar-refractivity contribution in [2.75, 3.05) is 54.5 Å². The lowest BCUT2D eigenvalue weighted by atomic mass is 10.2. The van der Waals surface area contributed by atoms with Gasteiger partial charge in [-0.1, -0.05) is 12.8 Å². The SMILES string of the molecule is Nc1ncnc2c1ncn2CCNc1nc(NCCCCCCNCC(O)CO)nc(Nc2ccc(P(=O)(O)O)cc2)n1. The molecule has 0 aliphatic carbocycles. The summed E-state index contributed by atoms with van der Waals surface area (Å²) in [5.74, 6) is 1.24. The molecular formula is C25H37N12O5P. The molecule has 0 aliphatic heterocycles. The molecule has 10 N–H and O–H groups in total. The molecule has 1 atom stereocenters. The van der Waals surface area contributed by atoms with Gasteiger partial charge in [0.25, 0.3) is 0 Å². The first-order valence-electron chi connectivity index (χ1n) is 13.8. The third kappa shape index (κ3) is 9.77. The van der Waals surface area contributed by atoms with Crippen LogP contribution in [0.25, 0.3) is 11.2 Å². The van der Waals surface area contributed by atoms with Gasteiger partial charge in [0, 0.05) is 31.9 Å². The van der Waals surface area contributed by atoms with Crippen molar-refractivity contribution in [1.82, 2.24) is 39.8 Å². The highest BCUT2D eigenvalue weighted by Gasteiger charge is 2.16. The molecule has 0 amide bonds. The second-order valence-electron chi connectivity index (χ2n) is 9.70. The van der Waals surface area contributed by atoms with Crippen LogP contribution in [-0.2, 0) is 11.1 Å². The fourth-order valence-electron chi connectivity index (χ4n) is 4.07. The number of aliphatic hydroxyl groups excluding tert-OH is 2. The van der Waals surface area contributed by atoms with Crippen LogP contribution in [0.15, 0.2) is 36.9 Å². The zero-order valence-corrected chi connectivity index (χ0v) is 24.4. The van der Waals surface area contributed by atoms with E-state index < -0.39 is 13.7 Å². The standard InChI is InChI=1S/C25H37N12O5P/c26-21-20-22(31-15-30-21)37(16-32-20)12-11-29-24-34-23(28-10-4-2-1-3-9-27-13-18(39)14-38)35-25(36-24)33-17-5-7-19(8-6-17)43(40,41)42/h5-8,15-16,18,27,38-39H,1-4,9-14H2,(H2,26,30,31)(H2,40,41,42)(H3,28,29,33,34,35,36). The van der Waals surface area contributed by atoms with E-state index >= 15 is 0 Å². The van der Waals surface area contributed by atoms with Crippen molar-refractivity contribution >= 4 is 53.4 Å². The van der Waals surface area contributed by atoms with Gasteiger partial charge in [0.05, 0.1) is 24.3 Å². The molecule has 0 spiro atoms. The van der Waals surface area contributed by atoms with Crippen molar-refractivity contribution < 1.29 is 24.6 Å². The topological polar surface area (TPSA) is 254 Å². The van der Waals surface area contributed by atoms with E-state index in [2.05, 4.69) is 51.2 Å². The first-order chi connectivity index (χ1) is 20.7. The maximum Gasteiger partial charge on any atom is 0.356 e. The second kappa shape index (κ2) is 15.5. The zero-order valence-electron chi connectivity index (χ0n) is 23.5. The number of fused-ring (bicyclic) bond motifs is 1. The Labute approximate surface area is 247 Å². The number of nitrogens with zero attached hydrogens (tertiary/aromatic N) is 7. The van der Waals surface area contributed by atoms with Gasteiger partial charge >= 0.3 is 7.60 Å². The number of hydrogen-bond donors (Lipinski definition) is 9. The van der Waals surface area contributed by atoms with Crippen molar-refractivity contribution in [3.05, 3.63) is 36.9 Å². The number of nitrogens with one attached hydrogen (secondary N) is 4. The molecule has 232 valence electrons. The van der Waals surface area contributed by atoms with Crippen LogP contribution < -0.4 is 32.3 Å². The normalized spacial score (nSPS) is 12.4. The lowest BCUT2D eigenvalue weighted by Gasteiger charge is -2.12. The van der Waals surface area contributed by atoms with Crippen molar-refractivity contribution in [3.63, 3.8) is 0 Å². The number of nitrogen functional groups attached to an aromatic ring is 1. The number of benzene rings is 1. The summed E-state index contributed by atoms with van der Waals surface area (Å²) >= 11 is 0. The Kier molecular flexibility index (Phi) is 11.5. The molecule has 0 radical (unpaired) electrons.